The molecular formula is C21H26N2O3S. The molecule has 5 nitrogen and oxygen atoms in total. The summed E-state index contributed by atoms with van der Waals surface area (Å²) in [5.41, 5.74) is 3.34. The summed E-state index contributed by atoms with van der Waals surface area (Å²) in [6.45, 7) is 7.66. The molecule has 0 saturated heterocycles. The minimum absolute atomic E-state index is 0.0374. The van der Waals surface area contributed by atoms with Gasteiger partial charge in [-0.05, 0) is 61.6 Å². The maximum absolute atomic E-state index is 13.1. The standard InChI is InChI=1S/C21H26N2O3S/c1-6-14-9-8-10-15(7-2)19(14)22-27(25,26)16-11-12-18-17(13-16)21(3,4)20(24)23(18)5/h8-13,22H,6-7H2,1-5H3. The van der Waals surface area contributed by atoms with E-state index in [-0.39, 0.29) is 10.8 Å². The molecule has 0 fully saturated rings. The van der Waals surface area contributed by atoms with E-state index in [0.29, 0.717) is 5.69 Å². The Bertz CT molecular complexity index is 988. The van der Waals surface area contributed by atoms with E-state index in [1.807, 2.05) is 45.9 Å². The van der Waals surface area contributed by atoms with E-state index in [9.17, 15) is 13.2 Å². The van der Waals surface area contributed by atoms with E-state index in [1.54, 1.807) is 30.1 Å². The zero-order valence-electron chi connectivity index (χ0n) is 16.5. The van der Waals surface area contributed by atoms with E-state index in [1.165, 1.54) is 0 Å². The number of para-hydroxylation sites is 1. The summed E-state index contributed by atoms with van der Waals surface area (Å²) < 4.78 is 29.0. The van der Waals surface area contributed by atoms with Gasteiger partial charge in [0.1, 0.15) is 0 Å². The Morgan fingerprint density at radius 1 is 1.04 bits per heavy atom. The highest BCUT2D eigenvalue weighted by atomic mass is 32.2. The van der Waals surface area contributed by atoms with Crippen molar-refractivity contribution < 1.29 is 13.2 Å². The zero-order valence-corrected chi connectivity index (χ0v) is 17.3. The molecule has 1 heterocycles. The summed E-state index contributed by atoms with van der Waals surface area (Å²) in [5.74, 6) is -0.0374. The number of carbonyl (C=O) groups is 1. The highest BCUT2D eigenvalue weighted by molar-refractivity contribution is 7.92. The quantitative estimate of drug-likeness (QED) is 0.848. The van der Waals surface area contributed by atoms with Gasteiger partial charge in [0, 0.05) is 12.7 Å². The number of sulfonamides is 1. The van der Waals surface area contributed by atoms with Crippen molar-refractivity contribution in [1.29, 1.82) is 0 Å². The van der Waals surface area contributed by atoms with Gasteiger partial charge in [0.25, 0.3) is 10.0 Å². The Labute approximate surface area is 161 Å². The predicted molar refractivity (Wildman–Crippen MR) is 109 cm³/mol. The van der Waals surface area contributed by atoms with E-state index in [4.69, 9.17) is 0 Å². The number of benzene rings is 2. The number of likely N-dealkylation sites (N-methyl/N-ethyl adjacent to an activating group) is 1. The number of nitrogens with one attached hydrogen (secondary N) is 1. The Kier molecular flexibility index (Phi) is 4.80. The number of anilines is 2. The van der Waals surface area contributed by atoms with Gasteiger partial charge < -0.3 is 4.90 Å². The average molecular weight is 387 g/mol. The third-order valence-corrected chi connectivity index (χ3v) is 6.73. The normalized spacial score (nSPS) is 15.7. The summed E-state index contributed by atoms with van der Waals surface area (Å²) in [6, 6.07) is 10.7. The van der Waals surface area contributed by atoms with E-state index in [0.717, 1.165) is 35.2 Å². The zero-order chi connectivity index (χ0) is 20.0. The lowest BCUT2D eigenvalue weighted by atomic mass is 9.86. The SMILES string of the molecule is CCc1cccc(CC)c1NS(=O)(=O)c1ccc2c(c1)C(C)(C)C(=O)N2C. The van der Waals surface area contributed by atoms with Gasteiger partial charge in [-0.15, -0.1) is 0 Å². The van der Waals surface area contributed by atoms with Gasteiger partial charge in [0.15, 0.2) is 0 Å². The molecule has 3 rings (SSSR count). The van der Waals surface area contributed by atoms with Crippen LogP contribution < -0.4 is 9.62 Å². The highest BCUT2D eigenvalue weighted by Crippen LogP contribution is 2.42. The summed E-state index contributed by atoms with van der Waals surface area (Å²) in [7, 11) is -2.05. The number of carbonyl (C=O) groups excluding carboxylic acids is 1. The van der Waals surface area contributed by atoms with Crippen molar-refractivity contribution in [2.24, 2.45) is 0 Å². The third kappa shape index (κ3) is 3.12. The van der Waals surface area contributed by atoms with Crippen LogP contribution in [-0.2, 0) is 33.1 Å². The minimum atomic E-state index is -3.77. The van der Waals surface area contributed by atoms with Gasteiger partial charge in [0.05, 0.1) is 16.0 Å². The van der Waals surface area contributed by atoms with Crippen LogP contribution in [0, 0.1) is 0 Å². The van der Waals surface area contributed by atoms with Crippen LogP contribution in [-0.4, -0.2) is 21.4 Å². The van der Waals surface area contributed by atoms with Crippen molar-refractivity contribution in [3.05, 3.63) is 53.1 Å². The van der Waals surface area contributed by atoms with Crippen LogP contribution >= 0.6 is 0 Å². The van der Waals surface area contributed by atoms with E-state index in [2.05, 4.69) is 4.72 Å². The molecule has 0 radical (unpaired) electrons. The maximum Gasteiger partial charge on any atom is 0.261 e. The molecule has 27 heavy (non-hydrogen) atoms. The molecule has 0 bridgehead atoms. The molecule has 2 aromatic carbocycles. The fourth-order valence-corrected chi connectivity index (χ4v) is 4.86. The average Bonchev–Trinajstić information content (AvgIpc) is 2.82. The van der Waals surface area contributed by atoms with Gasteiger partial charge in [-0.1, -0.05) is 32.0 Å². The molecule has 1 amide bonds. The first-order valence-corrected chi connectivity index (χ1v) is 10.7. The van der Waals surface area contributed by atoms with E-state index < -0.39 is 15.4 Å². The molecule has 144 valence electrons. The van der Waals surface area contributed by atoms with Crippen LogP contribution in [0.3, 0.4) is 0 Å². The van der Waals surface area contributed by atoms with Crippen molar-refractivity contribution in [3.8, 4) is 0 Å². The number of fused-ring (bicyclic) bond motifs is 1. The maximum atomic E-state index is 13.1. The first-order chi connectivity index (χ1) is 12.6. The number of hydrogen-bond donors (Lipinski definition) is 1. The van der Waals surface area contributed by atoms with Crippen molar-refractivity contribution in [2.45, 2.75) is 50.8 Å². The van der Waals surface area contributed by atoms with Crippen LogP contribution in [0.25, 0.3) is 0 Å². The molecule has 0 unspecified atom stereocenters. The highest BCUT2D eigenvalue weighted by Gasteiger charge is 2.42. The molecular weight excluding hydrogens is 360 g/mol. The van der Waals surface area contributed by atoms with Crippen molar-refractivity contribution in [1.82, 2.24) is 0 Å². The Morgan fingerprint density at radius 2 is 1.63 bits per heavy atom. The second-order valence-corrected chi connectivity index (χ2v) is 9.11. The number of aryl methyl sites for hydroxylation is 2. The fourth-order valence-electron chi connectivity index (χ4n) is 3.69. The lowest BCUT2D eigenvalue weighted by molar-refractivity contribution is -0.121. The second-order valence-electron chi connectivity index (χ2n) is 7.43. The van der Waals surface area contributed by atoms with Gasteiger partial charge in [-0.3, -0.25) is 9.52 Å². The summed E-state index contributed by atoms with van der Waals surface area (Å²) in [6.07, 6.45) is 1.48. The van der Waals surface area contributed by atoms with Gasteiger partial charge in [-0.25, -0.2) is 8.42 Å². The molecule has 0 spiro atoms. The minimum Gasteiger partial charge on any atom is -0.314 e. The topological polar surface area (TPSA) is 66.5 Å². The van der Waals surface area contributed by atoms with Gasteiger partial charge in [0.2, 0.25) is 5.91 Å². The Morgan fingerprint density at radius 3 is 2.19 bits per heavy atom. The Balaban J connectivity index is 2.06. The number of rotatable bonds is 5. The second kappa shape index (κ2) is 6.68. The lowest BCUT2D eigenvalue weighted by Crippen LogP contribution is -2.33. The summed E-state index contributed by atoms with van der Waals surface area (Å²) >= 11 is 0. The first-order valence-electron chi connectivity index (χ1n) is 9.19. The van der Waals surface area contributed by atoms with Crippen LogP contribution in [0.4, 0.5) is 11.4 Å². The number of nitrogens with zero attached hydrogens (tertiary/aromatic N) is 1. The fraction of sp³-hybridized carbons (Fsp3) is 0.381. The lowest BCUT2D eigenvalue weighted by Gasteiger charge is -2.18. The summed E-state index contributed by atoms with van der Waals surface area (Å²) in [5, 5.41) is 0. The van der Waals surface area contributed by atoms with Gasteiger partial charge >= 0.3 is 0 Å². The molecule has 2 aromatic rings. The van der Waals surface area contributed by atoms with Crippen molar-refractivity contribution in [2.75, 3.05) is 16.7 Å². The van der Waals surface area contributed by atoms with Crippen LogP contribution in [0.1, 0.15) is 44.4 Å². The molecule has 0 saturated carbocycles. The molecule has 1 aliphatic heterocycles. The first kappa shape index (κ1) is 19.4. The van der Waals surface area contributed by atoms with Gasteiger partial charge in [-0.2, -0.15) is 0 Å². The monoisotopic (exact) mass is 386 g/mol. The predicted octanol–water partition coefficient (Wildman–Crippen LogP) is 3.87. The largest absolute Gasteiger partial charge is 0.314 e. The summed E-state index contributed by atoms with van der Waals surface area (Å²) in [4.78, 5) is 14.2. The third-order valence-electron chi connectivity index (χ3n) is 5.39. The van der Waals surface area contributed by atoms with Crippen LogP contribution in [0.5, 0.6) is 0 Å². The van der Waals surface area contributed by atoms with Crippen molar-refractivity contribution >= 4 is 27.3 Å². The molecule has 0 aliphatic carbocycles. The van der Waals surface area contributed by atoms with Crippen LogP contribution in [0.15, 0.2) is 41.3 Å². The number of amides is 1. The molecule has 0 atom stereocenters. The van der Waals surface area contributed by atoms with Crippen LogP contribution in [0.2, 0.25) is 0 Å². The smallest absolute Gasteiger partial charge is 0.261 e. The van der Waals surface area contributed by atoms with E-state index >= 15 is 0 Å². The molecule has 1 aliphatic rings. The Hall–Kier alpha value is -2.34. The molecule has 0 aromatic heterocycles. The molecule has 1 N–H and O–H groups in total. The van der Waals surface area contributed by atoms with Crippen molar-refractivity contribution in [3.63, 3.8) is 0 Å². The molecule has 6 heteroatoms. The number of hydrogen-bond acceptors (Lipinski definition) is 3.